The molecule has 1 aliphatic rings. The second-order valence-corrected chi connectivity index (χ2v) is 6.30. The van der Waals surface area contributed by atoms with Crippen LogP contribution in [-0.4, -0.2) is 40.8 Å². The molecule has 1 aliphatic heterocycles. The van der Waals surface area contributed by atoms with E-state index in [4.69, 9.17) is 4.74 Å². The highest BCUT2D eigenvalue weighted by Crippen LogP contribution is 2.30. The zero-order valence-corrected chi connectivity index (χ0v) is 12.6. The first-order valence-corrected chi connectivity index (χ1v) is 7.08. The lowest BCUT2D eigenvalue weighted by molar-refractivity contribution is 0.0292. The van der Waals surface area contributed by atoms with Crippen LogP contribution >= 0.6 is 0 Å². The highest BCUT2D eigenvalue weighted by atomic mass is 16.6. The van der Waals surface area contributed by atoms with E-state index >= 15 is 0 Å². The molecule has 1 heterocycles. The van der Waals surface area contributed by atoms with Gasteiger partial charge in [0.25, 0.3) is 0 Å². The van der Waals surface area contributed by atoms with Gasteiger partial charge in [-0.25, -0.2) is 9.59 Å². The monoisotopic (exact) mass is 291 g/mol. The minimum atomic E-state index is -0.929. The van der Waals surface area contributed by atoms with E-state index in [0.29, 0.717) is 18.7 Å². The molecule has 5 heteroatoms. The number of nitrogens with zero attached hydrogens (tertiary/aromatic N) is 1. The van der Waals surface area contributed by atoms with Gasteiger partial charge in [0.05, 0.1) is 5.56 Å². The number of carbonyl (C=O) groups excluding carboxylic acids is 1. The van der Waals surface area contributed by atoms with Crippen LogP contribution in [0.3, 0.4) is 0 Å². The largest absolute Gasteiger partial charge is 0.478 e. The number of hydrogen-bond acceptors (Lipinski definition) is 3. The van der Waals surface area contributed by atoms with E-state index in [-0.39, 0.29) is 12.0 Å². The lowest BCUT2D eigenvalue weighted by Crippen LogP contribution is -2.35. The number of likely N-dealkylation sites (tertiary alicyclic amines) is 1. The molecule has 1 aromatic rings. The van der Waals surface area contributed by atoms with E-state index in [1.54, 1.807) is 17.0 Å². The fourth-order valence-electron chi connectivity index (χ4n) is 2.55. The number of rotatable bonds is 2. The first-order valence-electron chi connectivity index (χ1n) is 7.08. The Balaban J connectivity index is 2.10. The maximum Gasteiger partial charge on any atom is 0.410 e. The molecule has 1 saturated heterocycles. The summed E-state index contributed by atoms with van der Waals surface area (Å²) in [6, 6.07) is 6.98. The zero-order valence-electron chi connectivity index (χ0n) is 12.6. The Kier molecular flexibility index (Phi) is 4.21. The fourth-order valence-corrected chi connectivity index (χ4v) is 2.55. The quantitative estimate of drug-likeness (QED) is 0.909. The molecule has 1 fully saturated rings. The number of ether oxygens (including phenoxy) is 1. The Labute approximate surface area is 124 Å². The van der Waals surface area contributed by atoms with Crippen molar-refractivity contribution in [2.45, 2.75) is 38.7 Å². The van der Waals surface area contributed by atoms with Gasteiger partial charge in [-0.1, -0.05) is 18.2 Å². The third-order valence-corrected chi connectivity index (χ3v) is 3.47. The van der Waals surface area contributed by atoms with Crippen LogP contribution in [0, 0.1) is 0 Å². The van der Waals surface area contributed by atoms with Crippen LogP contribution < -0.4 is 0 Å². The molecule has 1 aromatic carbocycles. The van der Waals surface area contributed by atoms with Crippen molar-refractivity contribution in [1.82, 2.24) is 4.90 Å². The number of carboxylic acid groups (broad SMARTS) is 1. The first kappa shape index (κ1) is 15.4. The van der Waals surface area contributed by atoms with Gasteiger partial charge in [0.15, 0.2) is 0 Å². The van der Waals surface area contributed by atoms with Crippen molar-refractivity contribution < 1.29 is 19.4 Å². The molecule has 114 valence electrons. The molecule has 0 saturated carbocycles. The standard InChI is InChI=1S/C16H21NO4/c1-16(2,3)21-15(20)17-9-8-11(10-17)12-6-4-5-7-13(12)14(18)19/h4-7,11H,8-10H2,1-3H3,(H,18,19)/t11-/m0/s1. The number of carbonyl (C=O) groups is 2. The molecule has 0 unspecified atom stereocenters. The highest BCUT2D eigenvalue weighted by molar-refractivity contribution is 5.89. The van der Waals surface area contributed by atoms with E-state index in [2.05, 4.69) is 0 Å². The second-order valence-electron chi connectivity index (χ2n) is 6.30. The van der Waals surface area contributed by atoms with Crippen LogP contribution in [0.4, 0.5) is 4.79 Å². The van der Waals surface area contributed by atoms with Gasteiger partial charge >= 0.3 is 12.1 Å². The van der Waals surface area contributed by atoms with Crippen molar-refractivity contribution in [3.63, 3.8) is 0 Å². The Hall–Kier alpha value is -2.04. The Morgan fingerprint density at radius 1 is 1.29 bits per heavy atom. The normalized spacial score (nSPS) is 18.6. The molecule has 0 bridgehead atoms. The molecule has 0 radical (unpaired) electrons. The van der Waals surface area contributed by atoms with Gasteiger partial charge in [0.2, 0.25) is 0 Å². The summed E-state index contributed by atoms with van der Waals surface area (Å²) in [6.45, 7) is 6.58. The van der Waals surface area contributed by atoms with Gasteiger partial charge in [-0.3, -0.25) is 0 Å². The Morgan fingerprint density at radius 2 is 1.95 bits per heavy atom. The van der Waals surface area contributed by atoms with Gasteiger partial charge in [0, 0.05) is 19.0 Å². The van der Waals surface area contributed by atoms with Crippen molar-refractivity contribution in [2.75, 3.05) is 13.1 Å². The summed E-state index contributed by atoms with van der Waals surface area (Å²) < 4.78 is 5.35. The molecule has 2 rings (SSSR count). The molecule has 0 spiro atoms. The smallest absolute Gasteiger partial charge is 0.410 e. The van der Waals surface area contributed by atoms with Crippen LogP contribution in [0.15, 0.2) is 24.3 Å². The maximum atomic E-state index is 12.0. The Morgan fingerprint density at radius 3 is 2.57 bits per heavy atom. The predicted octanol–water partition coefficient (Wildman–Crippen LogP) is 3.11. The molecule has 5 nitrogen and oxygen atoms in total. The molecule has 0 aromatic heterocycles. The summed E-state index contributed by atoms with van der Waals surface area (Å²) >= 11 is 0. The SMILES string of the molecule is CC(C)(C)OC(=O)N1CC[C@H](c2ccccc2C(=O)O)C1. The van der Waals surface area contributed by atoms with E-state index < -0.39 is 11.6 Å². The topological polar surface area (TPSA) is 66.8 Å². The summed E-state index contributed by atoms with van der Waals surface area (Å²) in [5.41, 5.74) is 0.582. The zero-order chi connectivity index (χ0) is 15.6. The van der Waals surface area contributed by atoms with Crippen LogP contribution in [0.25, 0.3) is 0 Å². The van der Waals surface area contributed by atoms with Gasteiger partial charge in [-0.2, -0.15) is 0 Å². The number of hydrogen-bond donors (Lipinski definition) is 1. The summed E-state index contributed by atoms with van der Waals surface area (Å²) in [5, 5.41) is 9.25. The molecule has 1 amide bonds. The van der Waals surface area contributed by atoms with Gasteiger partial charge < -0.3 is 14.7 Å². The minimum absolute atomic E-state index is 0.0461. The molecule has 1 N–H and O–H groups in total. The predicted molar refractivity (Wildman–Crippen MR) is 78.6 cm³/mol. The van der Waals surface area contributed by atoms with Crippen LogP contribution in [0.5, 0.6) is 0 Å². The molecule has 1 atom stereocenters. The summed E-state index contributed by atoms with van der Waals surface area (Å²) in [6.07, 6.45) is 0.418. The average Bonchev–Trinajstić information content (AvgIpc) is 2.86. The van der Waals surface area contributed by atoms with E-state index in [1.807, 2.05) is 32.9 Å². The summed E-state index contributed by atoms with van der Waals surface area (Å²) in [5.74, 6) is -0.883. The molecule has 0 aliphatic carbocycles. The Bertz CT molecular complexity index is 547. The summed E-state index contributed by atoms with van der Waals surface area (Å²) in [7, 11) is 0. The first-order chi connectivity index (χ1) is 9.78. The highest BCUT2D eigenvalue weighted by Gasteiger charge is 2.32. The van der Waals surface area contributed by atoms with E-state index in [0.717, 1.165) is 12.0 Å². The van der Waals surface area contributed by atoms with Gasteiger partial charge in [0.1, 0.15) is 5.60 Å². The third kappa shape index (κ3) is 3.74. The lowest BCUT2D eigenvalue weighted by atomic mass is 9.93. The van der Waals surface area contributed by atoms with E-state index in [1.165, 1.54) is 0 Å². The molecular formula is C16H21NO4. The van der Waals surface area contributed by atoms with E-state index in [9.17, 15) is 14.7 Å². The third-order valence-electron chi connectivity index (χ3n) is 3.47. The van der Waals surface area contributed by atoms with Crippen LogP contribution in [0.1, 0.15) is 49.0 Å². The number of benzene rings is 1. The average molecular weight is 291 g/mol. The van der Waals surface area contributed by atoms with Crippen LogP contribution in [0.2, 0.25) is 0 Å². The number of aromatic carboxylic acids is 1. The summed E-state index contributed by atoms with van der Waals surface area (Å²) in [4.78, 5) is 25.0. The minimum Gasteiger partial charge on any atom is -0.478 e. The molecular weight excluding hydrogens is 270 g/mol. The van der Waals surface area contributed by atoms with Crippen molar-refractivity contribution in [1.29, 1.82) is 0 Å². The maximum absolute atomic E-state index is 12.0. The van der Waals surface area contributed by atoms with Gasteiger partial charge in [-0.05, 0) is 38.8 Å². The van der Waals surface area contributed by atoms with Crippen molar-refractivity contribution >= 4 is 12.1 Å². The molecule has 21 heavy (non-hydrogen) atoms. The fraction of sp³-hybridized carbons (Fsp3) is 0.500. The van der Waals surface area contributed by atoms with Crippen molar-refractivity contribution in [3.8, 4) is 0 Å². The van der Waals surface area contributed by atoms with Crippen molar-refractivity contribution in [2.24, 2.45) is 0 Å². The van der Waals surface area contributed by atoms with Crippen molar-refractivity contribution in [3.05, 3.63) is 35.4 Å². The lowest BCUT2D eigenvalue weighted by Gasteiger charge is -2.24. The van der Waals surface area contributed by atoms with Crippen LogP contribution in [-0.2, 0) is 4.74 Å². The second kappa shape index (κ2) is 5.76. The van der Waals surface area contributed by atoms with Gasteiger partial charge in [-0.15, -0.1) is 0 Å². The number of amides is 1. The number of carboxylic acids is 1.